The molecule has 2 aromatic heterocycles. The fourth-order valence-corrected chi connectivity index (χ4v) is 2.28. The minimum absolute atomic E-state index is 0.0557. The van der Waals surface area contributed by atoms with Crippen molar-refractivity contribution < 1.29 is 13.7 Å². The number of nitrogens with one attached hydrogen (secondary N) is 1. The normalized spacial score (nSPS) is 10.9. The Labute approximate surface area is 148 Å². The van der Waals surface area contributed by atoms with Crippen molar-refractivity contribution in [3.8, 4) is 11.5 Å². The van der Waals surface area contributed by atoms with E-state index in [2.05, 4.69) is 15.5 Å². The van der Waals surface area contributed by atoms with Crippen LogP contribution in [0.3, 0.4) is 0 Å². The second kappa shape index (κ2) is 7.30. The molecule has 0 aliphatic heterocycles. The summed E-state index contributed by atoms with van der Waals surface area (Å²) in [7, 11) is 0. The number of hydrogen-bond donors (Lipinski definition) is 1. The van der Waals surface area contributed by atoms with Gasteiger partial charge in [-0.1, -0.05) is 31.1 Å². The van der Waals surface area contributed by atoms with Crippen molar-refractivity contribution in [2.75, 3.05) is 5.32 Å². The molecule has 1 aromatic carbocycles. The topological polar surface area (TPSA) is 90.0 Å². The third-order valence-electron chi connectivity index (χ3n) is 3.65. The number of carbonyl (C=O) groups is 1. The zero-order valence-electron chi connectivity index (χ0n) is 14.3. The van der Waals surface area contributed by atoms with E-state index in [1.165, 1.54) is 35.0 Å². The van der Waals surface area contributed by atoms with Crippen molar-refractivity contribution >= 4 is 11.6 Å². The smallest absolute Gasteiger partial charge is 0.259 e. The molecule has 0 spiro atoms. The number of aromatic nitrogens is 3. The predicted molar refractivity (Wildman–Crippen MR) is 93.1 cm³/mol. The Morgan fingerprint density at radius 2 is 2.04 bits per heavy atom. The summed E-state index contributed by atoms with van der Waals surface area (Å²) in [4.78, 5) is 28.4. The van der Waals surface area contributed by atoms with Gasteiger partial charge in [-0.05, 0) is 18.2 Å². The van der Waals surface area contributed by atoms with E-state index >= 15 is 0 Å². The van der Waals surface area contributed by atoms with E-state index in [0.29, 0.717) is 11.4 Å². The molecule has 134 valence electrons. The molecule has 1 N–H and O–H groups in total. The maximum absolute atomic E-state index is 13.6. The van der Waals surface area contributed by atoms with Gasteiger partial charge in [0.05, 0.1) is 11.3 Å². The SMILES string of the molecule is CC(C)c1noc(-c2ccc(=O)n(CC(=O)Nc3ccccc3F)c2)n1. The zero-order valence-corrected chi connectivity index (χ0v) is 14.3. The van der Waals surface area contributed by atoms with Crippen LogP contribution in [0.25, 0.3) is 11.5 Å². The summed E-state index contributed by atoms with van der Waals surface area (Å²) in [5, 5.41) is 6.32. The van der Waals surface area contributed by atoms with Crippen LogP contribution in [-0.2, 0) is 11.3 Å². The minimum Gasteiger partial charge on any atom is -0.334 e. The highest BCUT2D eigenvalue weighted by atomic mass is 19.1. The Morgan fingerprint density at radius 3 is 2.73 bits per heavy atom. The van der Waals surface area contributed by atoms with Crippen molar-refractivity contribution in [2.45, 2.75) is 26.3 Å². The highest BCUT2D eigenvalue weighted by Crippen LogP contribution is 2.19. The fourth-order valence-electron chi connectivity index (χ4n) is 2.28. The molecule has 7 nitrogen and oxygen atoms in total. The van der Waals surface area contributed by atoms with Gasteiger partial charge in [-0.25, -0.2) is 4.39 Å². The lowest BCUT2D eigenvalue weighted by molar-refractivity contribution is -0.116. The number of nitrogens with zero attached hydrogens (tertiary/aromatic N) is 3. The summed E-state index contributed by atoms with van der Waals surface area (Å²) in [5.41, 5.74) is 0.198. The molecule has 0 saturated heterocycles. The molecule has 26 heavy (non-hydrogen) atoms. The predicted octanol–water partition coefficient (Wildman–Crippen LogP) is 2.80. The van der Waals surface area contributed by atoms with Gasteiger partial charge in [0, 0.05) is 18.2 Å². The van der Waals surface area contributed by atoms with Crippen LogP contribution in [0.5, 0.6) is 0 Å². The van der Waals surface area contributed by atoms with E-state index in [1.54, 1.807) is 12.1 Å². The third kappa shape index (κ3) is 3.85. The fraction of sp³-hybridized carbons (Fsp3) is 0.222. The molecule has 0 fully saturated rings. The summed E-state index contributed by atoms with van der Waals surface area (Å²) >= 11 is 0. The maximum atomic E-state index is 13.6. The molecule has 0 aliphatic rings. The Balaban J connectivity index is 1.80. The molecule has 0 atom stereocenters. The van der Waals surface area contributed by atoms with Crippen LogP contribution < -0.4 is 10.9 Å². The largest absolute Gasteiger partial charge is 0.334 e. The first-order valence-corrected chi connectivity index (χ1v) is 8.03. The number of para-hydroxylation sites is 1. The molecule has 0 bridgehead atoms. The second-order valence-corrected chi connectivity index (χ2v) is 6.02. The number of hydrogen-bond acceptors (Lipinski definition) is 5. The summed E-state index contributed by atoms with van der Waals surface area (Å²) in [5.74, 6) is -0.159. The number of benzene rings is 1. The number of halogens is 1. The van der Waals surface area contributed by atoms with E-state index in [4.69, 9.17) is 4.52 Å². The van der Waals surface area contributed by atoms with Gasteiger partial charge >= 0.3 is 0 Å². The van der Waals surface area contributed by atoms with E-state index in [1.807, 2.05) is 13.8 Å². The average molecular weight is 356 g/mol. The number of anilines is 1. The lowest BCUT2D eigenvalue weighted by atomic mass is 10.2. The molecular formula is C18H17FN4O3. The van der Waals surface area contributed by atoms with Gasteiger partial charge < -0.3 is 14.4 Å². The van der Waals surface area contributed by atoms with Crippen LogP contribution in [0.15, 0.2) is 51.9 Å². The van der Waals surface area contributed by atoms with Gasteiger partial charge in [0.2, 0.25) is 5.91 Å². The van der Waals surface area contributed by atoms with Gasteiger partial charge in [-0.15, -0.1) is 0 Å². The highest BCUT2D eigenvalue weighted by molar-refractivity contribution is 5.90. The van der Waals surface area contributed by atoms with Gasteiger partial charge in [0.1, 0.15) is 12.4 Å². The first-order chi connectivity index (χ1) is 12.4. The molecule has 2 heterocycles. The minimum atomic E-state index is -0.547. The first kappa shape index (κ1) is 17.5. The summed E-state index contributed by atoms with van der Waals surface area (Å²) in [6.07, 6.45) is 1.46. The van der Waals surface area contributed by atoms with Gasteiger partial charge in [-0.2, -0.15) is 4.98 Å². The Morgan fingerprint density at radius 1 is 1.27 bits per heavy atom. The molecule has 3 aromatic rings. The van der Waals surface area contributed by atoms with Crippen molar-refractivity contribution in [3.63, 3.8) is 0 Å². The summed E-state index contributed by atoms with van der Waals surface area (Å²) < 4.78 is 20.0. The first-order valence-electron chi connectivity index (χ1n) is 8.03. The van der Waals surface area contributed by atoms with Gasteiger partial charge in [0.25, 0.3) is 11.4 Å². The van der Waals surface area contributed by atoms with E-state index in [0.717, 1.165) is 0 Å². The molecule has 3 rings (SSSR count). The Bertz CT molecular complexity index is 994. The molecule has 0 radical (unpaired) electrons. The molecular weight excluding hydrogens is 339 g/mol. The van der Waals surface area contributed by atoms with Crippen LogP contribution in [0.2, 0.25) is 0 Å². The molecule has 0 saturated carbocycles. The van der Waals surface area contributed by atoms with Crippen molar-refractivity contribution in [1.29, 1.82) is 0 Å². The molecule has 1 amide bonds. The number of pyridine rings is 1. The van der Waals surface area contributed by atoms with Crippen LogP contribution in [0.1, 0.15) is 25.6 Å². The quantitative estimate of drug-likeness (QED) is 0.759. The van der Waals surface area contributed by atoms with Crippen molar-refractivity contribution in [1.82, 2.24) is 14.7 Å². The summed E-state index contributed by atoms with van der Waals surface area (Å²) in [6, 6.07) is 8.67. The van der Waals surface area contributed by atoms with E-state index in [-0.39, 0.29) is 29.6 Å². The third-order valence-corrected chi connectivity index (χ3v) is 3.65. The van der Waals surface area contributed by atoms with Crippen LogP contribution >= 0.6 is 0 Å². The number of carbonyl (C=O) groups excluding carboxylic acids is 1. The summed E-state index contributed by atoms with van der Waals surface area (Å²) in [6.45, 7) is 3.59. The van der Waals surface area contributed by atoms with Gasteiger partial charge in [0.15, 0.2) is 5.82 Å². The molecule has 0 unspecified atom stereocenters. The number of rotatable bonds is 5. The van der Waals surface area contributed by atoms with E-state index in [9.17, 15) is 14.0 Å². The molecule has 8 heteroatoms. The maximum Gasteiger partial charge on any atom is 0.259 e. The monoisotopic (exact) mass is 356 g/mol. The van der Waals surface area contributed by atoms with Crippen LogP contribution in [-0.4, -0.2) is 20.6 Å². The Hall–Kier alpha value is -3.29. The molecule has 0 aliphatic carbocycles. The lowest BCUT2D eigenvalue weighted by Crippen LogP contribution is -2.27. The van der Waals surface area contributed by atoms with Crippen molar-refractivity contribution in [2.24, 2.45) is 0 Å². The second-order valence-electron chi connectivity index (χ2n) is 6.02. The highest BCUT2D eigenvalue weighted by Gasteiger charge is 2.14. The van der Waals surface area contributed by atoms with Gasteiger partial charge in [-0.3, -0.25) is 9.59 Å². The van der Waals surface area contributed by atoms with Crippen LogP contribution in [0.4, 0.5) is 10.1 Å². The average Bonchev–Trinajstić information content (AvgIpc) is 3.09. The number of amides is 1. The zero-order chi connectivity index (χ0) is 18.7. The van der Waals surface area contributed by atoms with Crippen LogP contribution in [0, 0.1) is 5.82 Å². The van der Waals surface area contributed by atoms with E-state index < -0.39 is 11.7 Å². The van der Waals surface area contributed by atoms with Crippen molar-refractivity contribution in [3.05, 3.63) is 64.6 Å². The Kier molecular flexibility index (Phi) is 4.92. The lowest BCUT2D eigenvalue weighted by Gasteiger charge is -2.08. The standard InChI is InChI=1S/C18H17FN4O3/c1-11(2)17-21-18(26-22-17)12-7-8-16(25)23(9-12)10-15(24)20-14-6-4-3-5-13(14)19/h3-9,11H,10H2,1-2H3,(H,20,24).